The molecule has 0 aliphatic rings. The molecule has 2 aromatic rings. The van der Waals surface area contributed by atoms with Gasteiger partial charge in [0.1, 0.15) is 6.54 Å². The van der Waals surface area contributed by atoms with Crippen molar-refractivity contribution in [2.24, 2.45) is 0 Å². The summed E-state index contributed by atoms with van der Waals surface area (Å²) in [6.45, 7) is 3.08. The third-order valence-corrected chi connectivity index (χ3v) is 4.42. The molecule has 0 bridgehead atoms. The molecule has 8 heteroatoms. The van der Waals surface area contributed by atoms with E-state index in [4.69, 9.17) is 27.9 Å². The van der Waals surface area contributed by atoms with Crippen LogP contribution in [0, 0.1) is 0 Å². The topological polar surface area (TPSA) is 84.5 Å². The van der Waals surface area contributed by atoms with Crippen LogP contribution in [-0.2, 0) is 20.7 Å². The van der Waals surface area contributed by atoms with Gasteiger partial charge in [-0.05, 0) is 49.2 Å². The predicted octanol–water partition coefficient (Wildman–Crippen LogP) is 3.86. The Morgan fingerprint density at radius 2 is 1.75 bits per heavy atom. The minimum absolute atomic E-state index is 0.167. The van der Waals surface area contributed by atoms with Crippen LogP contribution in [0.5, 0.6) is 0 Å². The molecule has 0 aliphatic carbocycles. The summed E-state index contributed by atoms with van der Waals surface area (Å²) in [7, 11) is 0. The summed E-state index contributed by atoms with van der Waals surface area (Å²) in [6, 6.07) is 11.8. The van der Waals surface area contributed by atoms with Gasteiger partial charge in [-0.25, -0.2) is 0 Å². The van der Waals surface area contributed by atoms with Gasteiger partial charge >= 0.3 is 5.97 Å². The number of benzene rings is 2. The number of amides is 2. The van der Waals surface area contributed by atoms with Crippen molar-refractivity contribution in [2.45, 2.75) is 26.4 Å². The Bertz CT molecular complexity index is 869. The molecule has 0 heterocycles. The first-order valence-corrected chi connectivity index (χ1v) is 9.38. The number of carbonyl (C=O) groups is 3. The fraction of sp³-hybridized carbons (Fsp3) is 0.250. The summed E-state index contributed by atoms with van der Waals surface area (Å²) in [4.78, 5) is 36.1. The highest BCUT2D eigenvalue weighted by Crippen LogP contribution is 2.20. The van der Waals surface area contributed by atoms with E-state index in [1.54, 1.807) is 12.1 Å². The van der Waals surface area contributed by atoms with E-state index < -0.39 is 30.4 Å². The maximum Gasteiger partial charge on any atom is 0.326 e. The molecule has 0 saturated carbocycles. The fourth-order valence-corrected chi connectivity index (χ4v) is 2.78. The molecule has 148 valence electrons. The first-order chi connectivity index (χ1) is 13.3. The Kier molecular flexibility index (Phi) is 7.84. The van der Waals surface area contributed by atoms with Gasteiger partial charge in [-0.15, -0.1) is 0 Å². The van der Waals surface area contributed by atoms with Gasteiger partial charge in [-0.1, -0.05) is 42.3 Å². The number of halogens is 2. The number of aryl methyl sites for hydroxylation is 1. The number of esters is 1. The van der Waals surface area contributed by atoms with Crippen molar-refractivity contribution in [3.63, 3.8) is 0 Å². The van der Waals surface area contributed by atoms with Crippen molar-refractivity contribution in [1.82, 2.24) is 5.32 Å². The second-order valence-electron chi connectivity index (χ2n) is 5.98. The van der Waals surface area contributed by atoms with Crippen LogP contribution in [0.25, 0.3) is 0 Å². The van der Waals surface area contributed by atoms with Crippen LogP contribution in [-0.4, -0.2) is 30.4 Å². The molecule has 6 nitrogen and oxygen atoms in total. The van der Waals surface area contributed by atoms with Crippen LogP contribution in [0.1, 0.15) is 29.8 Å². The molecule has 28 heavy (non-hydrogen) atoms. The predicted molar refractivity (Wildman–Crippen MR) is 109 cm³/mol. The first kappa shape index (κ1) is 21.7. The Hall–Kier alpha value is -2.57. The summed E-state index contributed by atoms with van der Waals surface area (Å²) in [6.07, 6.45) is -0.121. The molecule has 1 atom stereocenters. The quantitative estimate of drug-likeness (QED) is 0.663. The van der Waals surface area contributed by atoms with Gasteiger partial charge < -0.3 is 15.4 Å². The molecular formula is C20H20Cl2N2O4. The molecule has 2 amide bonds. The molecule has 0 radical (unpaired) electrons. The number of rotatable bonds is 7. The van der Waals surface area contributed by atoms with Crippen molar-refractivity contribution in [2.75, 3.05) is 11.9 Å². The van der Waals surface area contributed by atoms with E-state index in [2.05, 4.69) is 10.6 Å². The van der Waals surface area contributed by atoms with Crippen molar-refractivity contribution in [3.05, 3.63) is 63.6 Å². The molecule has 2 rings (SSSR count). The van der Waals surface area contributed by atoms with Crippen LogP contribution < -0.4 is 10.6 Å². The first-order valence-electron chi connectivity index (χ1n) is 8.62. The van der Waals surface area contributed by atoms with E-state index in [9.17, 15) is 14.4 Å². The van der Waals surface area contributed by atoms with Crippen molar-refractivity contribution >= 4 is 46.7 Å². The molecule has 0 saturated heterocycles. The molecule has 2 N–H and O–H groups in total. The third kappa shape index (κ3) is 6.25. The Morgan fingerprint density at radius 1 is 1.07 bits per heavy atom. The van der Waals surface area contributed by atoms with Gasteiger partial charge in [-0.2, -0.15) is 0 Å². The minimum Gasteiger partial charge on any atom is -0.451 e. The lowest BCUT2D eigenvalue weighted by Gasteiger charge is -2.14. The number of anilines is 1. The monoisotopic (exact) mass is 422 g/mol. The van der Waals surface area contributed by atoms with E-state index in [1.807, 2.05) is 19.1 Å². The third-order valence-electron chi connectivity index (χ3n) is 3.88. The van der Waals surface area contributed by atoms with E-state index in [-0.39, 0.29) is 10.6 Å². The zero-order valence-electron chi connectivity index (χ0n) is 15.4. The lowest BCUT2D eigenvalue weighted by atomic mass is 10.1. The van der Waals surface area contributed by atoms with Crippen LogP contribution in [0.15, 0.2) is 42.5 Å². The Labute approximate surface area is 173 Å². The molecule has 0 aromatic heterocycles. The normalized spacial score (nSPS) is 11.4. The minimum atomic E-state index is -1.02. The van der Waals surface area contributed by atoms with Crippen LogP contribution in [0.2, 0.25) is 10.0 Å². The number of hydrogen-bond acceptors (Lipinski definition) is 4. The maximum atomic E-state index is 12.1. The van der Waals surface area contributed by atoms with Crippen LogP contribution in [0.3, 0.4) is 0 Å². The Balaban J connectivity index is 1.82. The zero-order valence-corrected chi connectivity index (χ0v) is 16.9. The highest BCUT2D eigenvalue weighted by Gasteiger charge is 2.19. The van der Waals surface area contributed by atoms with E-state index in [0.717, 1.165) is 12.0 Å². The summed E-state index contributed by atoms with van der Waals surface area (Å²) in [5.41, 5.74) is 1.94. The lowest BCUT2D eigenvalue weighted by molar-refractivity contribution is -0.152. The van der Waals surface area contributed by atoms with Gasteiger partial charge in [0.2, 0.25) is 0 Å². The molecular weight excluding hydrogens is 403 g/mol. The second kappa shape index (κ2) is 10.1. The molecule has 0 fully saturated rings. The molecule has 1 unspecified atom stereocenters. The van der Waals surface area contributed by atoms with Gasteiger partial charge in [0.25, 0.3) is 11.8 Å². The standard InChI is InChI=1S/C20H20Cl2N2O4/c1-3-13-4-7-15(8-5-13)24-19(26)12(2)28-18(25)11-23-20(27)16-9-6-14(21)10-17(16)22/h4-10,12H,3,11H2,1-2H3,(H,23,27)(H,24,26). The Morgan fingerprint density at radius 3 is 2.36 bits per heavy atom. The fourth-order valence-electron chi connectivity index (χ4n) is 2.28. The summed E-state index contributed by atoms with van der Waals surface area (Å²) >= 11 is 11.7. The van der Waals surface area contributed by atoms with Gasteiger partial charge in [0.05, 0.1) is 10.6 Å². The van der Waals surface area contributed by atoms with Crippen LogP contribution in [0.4, 0.5) is 5.69 Å². The van der Waals surface area contributed by atoms with Crippen molar-refractivity contribution < 1.29 is 19.1 Å². The summed E-state index contributed by atoms with van der Waals surface area (Å²) in [5, 5.41) is 5.62. The van der Waals surface area contributed by atoms with E-state index >= 15 is 0 Å². The molecule has 0 spiro atoms. The van der Waals surface area contributed by atoms with E-state index in [1.165, 1.54) is 25.1 Å². The number of carbonyl (C=O) groups excluding carboxylic acids is 3. The summed E-state index contributed by atoms with van der Waals surface area (Å²) < 4.78 is 5.05. The van der Waals surface area contributed by atoms with E-state index in [0.29, 0.717) is 10.7 Å². The average Bonchev–Trinajstić information content (AvgIpc) is 2.66. The summed E-state index contributed by atoms with van der Waals surface area (Å²) in [5.74, 6) is -1.76. The SMILES string of the molecule is CCc1ccc(NC(=O)C(C)OC(=O)CNC(=O)c2ccc(Cl)cc2Cl)cc1. The highest BCUT2D eigenvalue weighted by molar-refractivity contribution is 6.36. The molecule has 0 aliphatic heterocycles. The van der Waals surface area contributed by atoms with Gasteiger partial charge in [0, 0.05) is 10.7 Å². The number of nitrogens with one attached hydrogen (secondary N) is 2. The lowest BCUT2D eigenvalue weighted by Crippen LogP contribution is -2.35. The smallest absolute Gasteiger partial charge is 0.326 e. The van der Waals surface area contributed by atoms with Crippen LogP contribution >= 0.6 is 23.2 Å². The maximum absolute atomic E-state index is 12.1. The number of hydrogen-bond donors (Lipinski definition) is 2. The van der Waals surface area contributed by atoms with Gasteiger partial charge in [-0.3, -0.25) is 14.4 Å². The van der Waals surface area contributed by atoms with Crippen molar-refractivity contribution in [3.8, 4) is 0 Å². The van der Waals surface area contributed by atoms with Gasteiger partial charge in [0.15, 0.2) is 6.10 Å². The van der Waals surface area contributed by atoms with Crippen molar-refractivity contribution in [1.29, 1.82) is 0 Å². The largest absolute Gasteiger partial charge is 0.451 e. The highest BCUT2D eigenvalue weighted by atomic mass is 35.5. The zero-order chi connectivity index (χ0) is 20.7. The molecule has 2 aromatic carbocycles. The number of ether oxygens (including phenoxy) is 1. The second-order valence-corrected chi connectivity index (χ2v) is 6.82. The average molecular weight is 423 g/mol.